The van der Waals surface area contributed by atoms with Crippen molar-refractivity contribution < 1.29 is 19.8 Å². The quantitative estimate of drug-likeness (QED) is 0.808. The van der Waals surface area contributed by atoms with Crippen LogP contribution in [0.3, 0.4) is 0 Å². The number of fused-ring (bicyclic) bond motifs is 1. The van der Waals surface area contributed by atoms with Crippen LogP contribution in [0.4, 0.5) is 5.69 Å². The Hall–Kier alpha value is -2.18. The van der Waals surface area contributed by atoms with Gasteiger partial charge in [-0.05, 0) is 30.3 Å². The predicted molar refractivity (Wildman–Crippen MR) is 88.5 cm³/mol. The van der Waals surface area contributed by atoms with Gasteiger partial charge in [0.2, 0.25) is 0 Å². The minimum absolute atomic E-state index is 0.0832. The number of Topliss-reactive ketones (excluding diaryl/α,β-unsaturated/α-hetero) is 1. The number of aliphatic hydroxyl groups is 1. The first kappa shape index (κ1) is 15.7. The van der Waals surface area contributed by atoms with Gasteiger partial charge < -0.3 is 15.1 Å². The Kier molecular flexibility index (Phi) is 3.74. The lowest BCUT2D eigenvalue weighted by atomic mass is 9.88. The molecule has 0 fully saturated rings. The largest absolute Gasteiger partial charge is 0.507 e. The minimum atomic E-state index is -1.94. The molecule has 6 heteroatoms. The number of anilines is 1. The molecule has 1 atom stereocenters. The summed E-state index contributed by atoms with van der Waals surface area (Å²) in [6, 6.07) is 11.2. The van der Waals surface area contributed by atoms with Gasteiger partial charge in [0.1, 0.15) is 5.75 Å². The minimum Gasteiger partial charge on any atom is -0.507 e. The summed E-state index contributed by atoms with van der Waals surface area (Å²) in [7, 11) is 1.55. The first-order valence-corrected chi connectivity index (χ1v) is 7.75. The van der Waals surface area contributed by atoms with E-state index in [1.807, 2.05) is 0 Å². The van der Waals surface area contributed by atoms with Gasteiger partial charge >= 0.3 is 0 Å². The molecule has 0 bridgehead atoms. The number of carbonyl (C=O) groups is 2. The van der Waals surface area contributed by atoms with Crippen molar-refractivity contribution in [2.24, 2.45) is 0 Å². The van der Waals surface area contributed by atoms with E-state index in [1.54, 1.807) is 37.4 Å². The molecule has 2 aromatic carbocycles. The van der Waals surface area contributed by atoms with Crippen LogP contribution in [0.5, 0.6) is 5.75 Å². The number of carbonyl (C=O) groups excluding carboxylic acids is 2. The molecule has 1 aliphatic rings. The summed E-state index contributed by atoms with van der Waals surface area (Å²) in [5, 5.41) is 20.7. The number of benzene rings is 2. The van der Waals surface area contributed by atoms with Crippen LogP contribution in [0, 0.1) is 0 Å². The third-order valence-electron chi connectivity index (χ3n) is 4.04. The third kappa shape index (κ3) is 2.44. The lowest BCUT2D eigenvalue weighted by Gasteiger charge is -2.21. The number of ketones is 1. The van der Waals surface area contributed by atoms with Crippen molar-refractivity contribution in [3.63, 3.8) is 0 Å². The average Bonchev–Trinajstić information content (AvgIpc) is 2.69. The number of amides is 1. The van der Waals surface area contributed by atoms with Gasteiger partial charge in [-0.3, -0.25) is 9.59 Å². The van der Waals surface area contributed by atoms with Gasteiger partial charge in [-0.2, -0.15) is 0 Å². The smallest absolute Gasteiger partial charge is 0.263 e. The topological polar surface area (TPSA) is 77.8 Å². The third-order valence-corrected chi connectivity index (χ3v) is 4.54. The second kappa shape index (κ2) is 5.47. The van der Waals surface area contributed by atoms with Crippen LogP contribution in [0.25, 0.3) is 0 Å². The second-order valence-corrected chi connectivity index (χ2v) is 6.42. The van der Waals surface area contributed by atoms with Gasteiger partial charge in [0, 0.05) is 17.1 Å². The molecule has 1 heterocycles. The first-order valence-electron chi connectivity index (χ1n) is 6.96. The number of rotatable bonds is 3. The molecule has 2 aromatic rings. The number of hydrogen-bond donors (Lipinski definition) is 2. The molecule has 2 N–H and O–H groups in total. The number of aromatic hydroxyl groups is 1. The monoisotopic (exact) mass is 375 g/mol. The number of para-hydroxylation sites is 1. The molecule has 118 valence electrons. The Balaban J connectivity index is 2.03. The van der Waals surface area contributed by atoms with E-state index in [0.717, 1.165) is 0 Å². The number of nitrogens with zero attached hydrogens (tertiary/aromatic N) is 1. The van der Waals surface area contributed by atoms with E-state index < -0.39 is 23.7 Å². The number of halogens is 1. The van der Waals surface area contributed by atoms with Crippen LogP contribution in [0.2, 0.25) is 0 Å². The van der Waals surface area contributed by atoms with E-state index >= 15 is 0 Å². The van der Waals surface area contributed by atoms with Gasteiger partial charge in [-0.1, -0.05) is 28.1 Å². The molecule has 0 spiro atoms. The zero-order valence-electron chi connectivity index (χ0n) is 12.3. The number of hydrogen-bond acceptors (Lipinski definition) is 4. The maximum atomic E-state index is 12.5. The van der Waals surface area contributed by atoms with E-state index in [9.17, 15) is 19.8 Å². The fraction of sp³-hybridized carbons (Fsp3) is 0.176. The molecule has 0 aliphatic carbocycles. The molecular weight excluding hydrogens is 362 g/mol. The van der Waals surface area contributed by atoms with Crippen molar-refractivity contribution in [2.75, 3.05) is 11.9 Å². The summed E-state index contributed by atoms with van der Waals surface area (Å²) < 4.78 is 0.702. The second-order valence-electron chi connectivity index (χ2n) is 5.50. The van der Waals surface area contributed by atoms with Crippen molar-refractivity contribution in [1.82, 2.24) is 0 Å². The highest BCUT2D eigenvalue weighted by Gasteiger charge is 2.50. The molecule has 0 saturated carbocycles. The molecule has 1 aliphatic heterocycles. The summed E-state index contributed by atoms with van der Waals surface area (Å²) in [5.74, 6) is -1.23. The summed E-state index contributed by atoms with van der Waals surface area (Å²) >= 11 is 3.31. The summed E-state index contributed by atoms with van der Waals surface area (Å²) in [5.41, 5.74) is -0.915. The fourth-order valence-corrected chi connectivity index (χ4v) is 3.20. The van der Waals surface area contributed by atoms with Crippen molar-refractivity contribution >= 4 is 33.3 Å². The first-order chi connectivity index (χ1) is 10.8. The predicted octanol–water partition coefficient (Wildman–Crippen LogP) is 2.59. The van der Waals surface area contributed by atoms with E-state index in [-0.39, 0.29) is 11.3 Å². The van der Waals surface area contributed by atoms with Gasteiger partial charge in [-0.15, -0.1) is 0 Å². The summed E-state index contributed by atoms with van der Waals surface area (Å²) in [6.07, 6.45) is -0.433. The zero-order valence-corrected chi connectivity index (χ0v) is 13.9. The van der Waals surface area contributed by atoms with E-state index in [0.29, 0.717) is 15.7 Å². The maximum absolute atomic E-state index is 12.5. The maximum Gasteiger partial charge on any atom is 0.263 e. The van der Waals surface area contributed by atoms with Crippen LogP contribution in [0.1, 0.15) is 22.3 Å². The number of phenols is 1. The van der Waals surface area contributed by atoms with Gasteiger partial charge in [0.25, 0.3) is 5.91 Å². The van der Waals surface area contributed by atoms with Crippen molar-refractivity contribution in [2.45, 2.75) is 12.0 Å². The number of phenolic OH excluding ortho intramolecular Hbond substituents is 1. The van der Waals surface area contributed by atoms with E-state index in [1.165, 1.54) is 17.0 Å². The lowest BCUT2D eigenvalue weighted by Crippen LogP contribution is -2.40. The number of likely N-dealkylation sites (N-methyl/N-ethyl adjacent to an activating group) is 1. The highest BCUT2D eigenvalue weighted by Crippen LogP contribution is 2.43. The Bertz CT molecular complexity index is 820. The van der Waals surface area contributed by atoms with Crippen LogP contribution >= 0.6 is 15.9 Å². The van der Waals surface area contributed by atoms with Crippen LogP contribution in [-0.4, -0.2) is 29.0 Å². The van der Waals surface area contributed by atoms with Crippen LogP contribution in [0.15, 0.2) is 46.9 Å². The highest BCUT2D eigenvalue weighted by molar-refractivity contribution is 9.10. The SMILES string of the molecule is CN1C(=O)[C@](O)(CC(=O)c2ccccc2O)c2cc(Br)ccc21. The zero-order chi connectivity index (χ0) is 16.8. The molecule has 23 heavy (non-hydrogen) atoms. The van der Waals surface area contributed by atoms with Gasteiger partial charge in [0.05, 0.1) is 17.7 Å². The Morgan fingerprint density at radius 1 is 1.26 bits per heavy atom. The molecule has 0 unspecified atom stereocenters. The van der Waals surface area contributed by atoms with Crippen LogP contribution in [-0.2, 0) is 10.4 Å². The summed E-state index contributed by atoms with van der Waals surface area (Å²) in [4.78, 5) is 26.3. The summed E-state index contributed by atoms with van der Waals surface area (Å²) in [6.45, 7) is 0. The van der Waals surface area contributed by atoms with Gasteiger partial charge in [0.15, 0.2) is 11.4 Å². The van der Waals surface area contributed by atoms with E-state index in [4.69, 9.17) is 0 Å². The Labute approximate surface area is 141 Å². The van der Waals surface area contributed by atoms with Gasteiger partial charge in [-0.25, -0.2) is 0 Å². The standard InChI is InChI=1S/C17H14BrNO4/c1-19-13-7-6-10(18)8-12(13)17(23,16(19)22)9-15(21)11-4-2-3-5-14(11)20/h2-8,20,23H,9H2,1H3/t17-/m0/s1. The van der Waals surface area contributed by atoms with Crippen LogP contribution < -0.4 is 4.90 Å². The van der Waals surface area contributed by atoms with E-state index in [2.05, 4.69) is 15.9 Å². The molecule has 3 rings (SSSR count). The highest BCUT2D eigenvalue weighted by atomic mass is 79.9. The molecule has 0 saturated heterocycles. The van der Waals surface area contributed by atoms with Crippen molar-refractivity contribution in [1.29, 1.82) is 0 Å². The van der Waals surface area contributed by atoms with Crippen molar-refractivity contribution in [3.8, 4) is 5.75 Å². The Morgan fingerprint density at radius 3 is 2.65 bits per heavy atom. The average molecular weight is 376 g/mol. The molecular formula is C17H14BrNO4. The fourth-order valence-electron chi connectivity index (χ4n) is 2.84. The molecule has 5 nitrogen and oxygen atoms in total. The lowest BCUT2D eigenvalue weighted by molar-refractivity contribution is -0.135. The Morgan fingerprint density at radius 2 is 1.96 bits per heavy atom. The molecule has 0 radical (unpaired) electrons. The molecule has 1 amide bonds. The normalized spacial score (nSPS) is 19.8. The molecule has 0 aromatic heterocycles. The van der Waals surface area contributed by atoms with Crippen molar-refractivity contribution in [3.05, 3.63) is 58.1 Å².